The monoisotopic (exact) mass is 272 g/mol. The number of benzene rings is 1. The molecule has 0 radical (unpaired) electrons. The van der Waals surface area contributed by atoms with Gasteiger partial charge in [-0.1, -0.05) is 26.0 Å². The number of ketones is 1. The van der Waals surface area contributed by atoms with Crippen molar-refractivity contribution < 1.29 is 4.79 Å². The fraction of sp³-hybridized carbons (Fsp3) is 0.471. The van der Waals surface area contributed by atoms with Crippen LogP contribution in [-0.4, -0.2) is 22.9 Å². The lowest BCUT2D eigenvalue weighted by molar-refractivity contribution is 0.0989. The maximum absolute atomic E-state index is 12.6. The Balaban J connectivity index is 2.61. The zero-order valence-corrected chi connectivity index (χ0v) is 13.3. The minimum Gasteiger partial charge on any atom is -0.347 e. The Morgan fingerprint density at radius 3 is 2.40 bits per heavy atom. The molecule has 0 atom stereocenters. The van der Waals surface area contributed by atoms with Gasteiger partial charge in [-0.15, -0.1) is 0 Å². The van der Waals surface area contributed by atoms with E-state index in [1.807, 2.05) is 14.0 Å². The Labute approximate surface area is 121 Å². The molecule has 20 heavy (non-hydrogen) atoms. The molecule has 0 aliphatic rings. The molecule has 3 nitrogen and oxygen atoms in total. The molecule has 0 aliphatic heterocycles. The number of fused-ring (bicyclic) bond motifs is 1. The largest absolute Gasteiger partial charge is 0.347 e. The van der Waals surface area contributed by atoms with Crippen LogP contribution in [-0.2, 0) is 7.05 Å². The molecule has 0 fully saturated rings. The van der Waals surface area contributed by atoms with Crippen LogP contribution in [0.25, 0.3) is 10.9 Å². The van der Waals surface area contributed by atoms with Gasteiger partial charge in [0.25, 0.3) is 0 Å². The molecule has 3 heteroatoms. The molecule has 1 aromatic carbocycles. The number of rotatable bonds is 4. The van der Waals surface area contributed by atoms with Gasteiger partial charge in [-0.3, -0.25) is 4.79 Å². The van der Waals surface area contributed by atoms with Crippen molar-refractivity contribution in [3.05, 3.63) is 34.5 Å². The van der Waals surface area contributed by atoms with Crippen LogP contribution < -0.4 is 5.32 Å². The lowest BCUT2D eigenvalue weighted by atomic mass is 10.0. The van der Waals surface area contributed by atoms with Gasteiger partial charge in [0.1, 0.15) is 0 Å². The van der Waals surface area contributed by atoms with Gasteiger partial charge in [0.05, 0.1) is 12.1 Å². The van der Waals surface area contributed by atoms with Crippen molar-refractivity contribution in [2.45, 2.75) is 40.7 Å². The van der Waals surface area contributed by atoms with Crippen LogP contribution in [0.15, 0.2) is 12.1 Å². The molecule has 0 unspecified atom stereocenters. The number of hydrogen-bond acceptors (Lipinski definition) is 2. The molecule has 0 saturated heterocycles. The van der Waals surface area contributed by atoms with E-state index >= 15 is 0 Å². The minimum absolute atomic E-state index is 0.176. The smallest absolute Gasteiger partial charge is 0.179 e. The molecule has 0 bridgehead atoms. The molecule has 0 saturated carbocycles. The van der Waals surface area contributed by atoms with E-state index in [0.29, 0.717) is 12.6 Å². The van der Waals surface area contributed by atoms with E-state index in [4.69, 9.17) is 0 Å². The highest BCUT2D eigenvalue weighted by atomic mass is 16.1. The Bertz CT molecular complexity index is 665. The van der Waals surface area contributed by atoms with Crippen LogP contribution in [0, 0.1) is 20.8 Å². The van der Waals surface area contributed by atoms with Gasteiger partial charge >= 0.3 is 0 Å². The first-order valence-corrected chi connectivity index (χ1v) is 7.16. The van der Waals surface area contributed by atoms with Crippen molar-refractivity contribution >= 4 is 16.7 Å². The third-order valence-corrected chi connectivity index (χ3v) is 3.99. The minimum atomic E-state index is 0.176. The number of aromatic nitrogens is 1. The lowest BCUT2D eigenvalue weighted by Gasteiger charge is -2.08. The SMILES string of the molecule is Cc1ccc(C)c2c1c(C(=O)CNC(C)C)c(C)n2C. The summed E-state index contributed by atoms with van der Waals surface area (Å²) in [4.78, 5) is 12.6. The van der Waals surface area contributed by atoms with Crippen LogP contribution in [0.5, 0.6) is 0 Å². The van der Waals surface area contributed by atoms with Gasteiger partial charge in [0.15, 0.2) is 5.78 Å². The molecular formula is C17H24N2O. The third kappa shape index (κ3) is 2.38. The summed E-state index contributed by atoms with van der Waals surface area (Å²) < 4.78 is 2.14. The van der Waals surface area contributed by atoms with Gasteiger partial charge in [0, 0.05) is 29.7 Å². The molecule has 0 amide bonds. The Morgan fingerprint density at radius 1 is 1.20 bits per heavy atom. The van der Waals surface area contributed by atoms with Crippen molar-refractivity contribution in [3.8, 4) is 0 Å². The van der Waals surface area contributed by atoms with E-state index in [1.54, 1.807) is 0 Å². The number of carbonyl (C=O) groups is 1. The van der Waals surface area contributed by atoms with E-state index in [-0.39, 0.29) is 5.78 Å². The fourth-order valence-corrected chi connectivity index (χ4v) is 2.79. The second-order valence-electron chi connectivity index (χ2n) is 5.90. The summed E-state index contributed by atoms with van der Waals surface area (Å²) in [5, 5.41) is 4.33. The number of nitrogens with zero attached hydrogens (tertiary/aromatic N) is 1. The summed E-state index contributed by atoms with van der Waals surface area (Å²) in [7, 11) is 2.04. The molecule has 0 spiro atoms. The molecule has 108 valence electrons. The van der Waals surface area contributed by atoms with Gasteiger partial charge in [-0.05, 0) is 31.9 Å². The van der Waals surface area contributed by atoms with Crippen molar-refractivity contribution in [1.82, 2.24) is 9.88 Å². The molecular weight excluding hydrogens is 248 g/mol. The number of nitrogens with one attached hydrogen (secondary N) is 1. The Kier molecular flexibility index (Phi) is 4.00. The standard InChI is InChI=1S/C17H24N2O/c1-10(2)18-9-14(20)16-13(5)19(6)17-12(4)8-7-11(3)15(16)17/h7-8,10,18H,9H2,1-6H3. The van der Waals surface area contributed by atoms with Crippen LogP contribution in [0.1, 0.15) is 41.0 Å². The number of carbonyl (C=O) groups excluding carboxylic acids is 1. The second-order valence-corrected chi connectivity index (χ2v) is 5.90. The summed E-state index contributed by atoms with van der Waals surface area (Å²) in [5.74, 6) is 0.176. The van der Waals surface area contributed by atoms with Crippen LogP contribution in [0.2, 0.25) is 0 Å². The zero-order valence-electron chi connectivity index (χ0n) is 13.3. The first kappa shape index (κ1) is 14.8. The molecule has 0 aliphatic carbocycles. The molecule has 2 aromatic rings. The van der Waals surface area contributed by atoms with E-state index in [1.165, 1.54) is 16.6 Å². The highest BCUT2D eigenvalue weighted by Crippen LogP contribution is 2.30. The summed E-state index contributed by atoms with van der Waals surface area (Å²) in [5.41, 5.74) is 5.48. The second kappa shape index (κ2) is 5.41. The maximum Gasteiger partial charge on any atom is 0.179 e. The van der Waals surface area contributed by atoms with E-state index in [2.05, 4.69) is 49.7 Å². The Hall–Kier alpha value is -1.61. The first-order chi connectivity index (χ1) is 9.34. The highest BCUT2D eigenvalue weighted by Gasteiger charge is 2.20. The van der Waals surface area contributed by atoms with E-state index < -0.39 is 0 Å². The highest BCUT2D eigenvalue weighted by molar-refractivity contribution is 6.12. The van der Waals surface area contributed by atoms with Gasteiger partial charge in [0.2, 0.25) is 0 Å². The average Bonchev–Trinajstić information content (AvgIpc) is 2.65. The van der Waals surface area contributed by atoms with Gasteiger partial charge < -0.3 is 9.88 Å². The Morgan fingerprint density at radius 2 is 1.80 bits per heavy atom. The third-order valence-electron chi connectivity index (χ3n) is 3.99. The summed E-state index contributed by atoms with van der Waals surface area (Å²) >= 11 is 0. The van der Waals surface area contributed by atoms with Crippen molar-refractivity contribution in [1.29, 1.82) is 0 Å². The normalized spacial score (nSPS) is 11.6. The lowest BCUT2D eigenvalue weighted by Crippen LogP contribution is -2.29. The molecule has 1 N–H and O–H groups in total. The predicted octanol–water partition coefficient (Wildman–Crippen LogP) is 3.28. The van der Waals surface area contributed by atoms with Crippen molar-refractivity contribution in [2.75, 3.05) is 6.54 Å². The van der Waals surface area contributed by atoms with Crippen LogP contribution in [0.3, 0.4) is 0 Å². The van der Waals surface area contributed by atoms with Gasteiger partial charge in [-0.25, -0.2) is 0 Å². The maximum atomic E-state index is 12.6. The predicted molar refractivity (Wildman–Crippen MR) is 84.6 cm³/mol. The van der Waals surface area contributed by atoms with E-state index in [0.717, 1.165) is 16.6 Å². The van der Waals surface area contributed by atoms with Gasteiger partial charge in [-0.2, -0.15) is 0 Å². The molecule has 1 heterocycles. The first-order valence-electron chi connectivity index (χ1n) is 7.16. The number of aryl methyl sites for hydroxylation is 3. The molecule has 2 rings (SSSR count). The molecule has 1 aromatic heterocycles. The quantitative estimate of drug-likeness (QED) is 0.867. The summed E-state index contributed by atoms with van der Waals surface area (Å²) in [6.45, 7) is 10.7. The zero-order chi connectivity index (χ0) is 15.0. The van der Waals surface area contributed by atoms with Crippen molar-refractivity contribution in [2.24, 2.45) is 7.05 Å². The number of hydrogen-bond donors (Lipinski definition) is 1. The summed E-state index contributed by atoms with van der Waals surface area (Å²) in [6.07, 6.45) is 0. The number of Topliss-reactive ketones (excluding diaryl/α,β-unsaturated/α-hetero) is 1. The van der Waals surface area contributed by atoms with E-state index in [9.17, 15) is 4.79 Å². The van der Waals surface area contributed by atoms with Crippen molar-refractivity contribution in [3.63, 3.8) is 0 Å². The average molecular weight is 272 g/mol. The summed E-state index contributed by atoms with van der Waals surface area (Å²) in [6, 6.07) is 4.54. The fourth-order valence-electron chi connectivity index (χ4n) is 2.79. The van der Waals surface area contributed by atoms with Crippen LogP contribution in [0.4, 0.5) is 0 Å². The topological polar surface area (TPSA) is 34.0 Å². The van der Waals surface area contributed by atoms with Crippen LogP contribution >= 0.6 is 0 Å².